The van der Waals surface area contributed by atoms with Gasteiger partial charge in [0.25, 0.3) is 0 Å². The van der Waals surface area contributed by atoms with Crippen LogP contribution in [0.25, 0.3) is 0 Å². The lowest BCUT2D eigenvalue weighted by Crippen LogP contribution is -2.42. The molecule has 0 amide bonds. The highest BCUT2D eigenvalue weighted by atomic mass is 32.1. The molecule has 0 aromatic rings. The van der Waals surface area contributed by atoms with Crippen LogP contribution in [0.15, 0.2) is 0 Å². The minimum Gasteiger partial charge on any atom is -0.442 e. The van der Waals surface area contributed by atoms with Crippen molar-refractivity contribution in [1.82, 2.24) is 0 Å². The second-order valence-electron chi connectivity index (χ2n) is 3.20. The van der Waals surface area contributed by atoms with Gasteiger partial charge in [0.05, 0.1) is 0 Å². The molecular weight excluding hydrogens is 332 g/mol. The highest BCUT2D eigenvalue weighted by molar-refractivity contribution is 7.80. The molecule has 1 N–H and O–H groups in total. The summed E-state index contributed by atoms with van der Waals surface area (Å²) < 4.78 is 15.6. The predicted molar refractivity (Wildman–Crippen MR) is 102 cm³/mol. The van der Waals surface area contributed by atoms with E-state index in [0.29, 0.717) is 10.5 Å². The van der Waals surface area contributed by atoms with Crippen LogP contribution in [0.4, 0.5) is 0 Å². The smallest absolute Gasteiger partial charge is 0.442 e. The van der Waals surface area contributed by atoms with E-state index in [1.165, 1.54) is 22.7 Å². The van der Waals surface area contributed by atoms with Crippen LogP contribution in [0.2, 0.25) is 12.1 Å². The average molecular weight is 367 g/mol. The van der Waals surface area contributed by atoms with Gasteiger partial charge in [-0.15, -0.1) is 0 Å². The van der Waals surface area contributed by atoms with Crippen molar-refractivity contribution in [3.05, 3.63) is 0 Å². The average Bonchev–Trinajstić information content (AvgIpc) is 2.45. The Hall–Kier alpha value is 1.19. The molecule has 0 saturated carbocycles. The minimum absolute atomic E-state index is 0. The Kier molecular flexibility index (Phi) is 36.2. The van der Waals surface area contributed by atoms with Crippen molar-refractivity contribution in [3.8, 4) is 0 Å². The summed E-state index contributed by atoms with van der Waals surface area (Å²) in [5.74, 6) is 1.91. The fourth-order valence-corrected chi connectivity index (χ4v) is 4.45. The molecule has 9 heteroatoms. The van der Waals surface area contributed by atoms with Crippen LogP contribution < -0.4 is 0 Å². The number of hydrogen-bond acceptors (Lipinski definition) is 6. The monoisotopic (exact) mass is 366 g/mol. The SMILES string of the molecule is C.CO[Si](CCCS)(OC)OC.O[SiH3].[SiH3]CCCS. The first-order chi connectivity index (χ1) is 8.66. The van der Waals surface area contributed by atoms with Gasteiger partial charge in [-0.05, 0) is 24.3 Å². The van der Waals surface area contributed by atoms with Crippen LogP contribution in [-0.2, 0) is 13.3 Å². The molecule has 0 aliphatic heterocycles. The Bertz CT molecular complexity index is 134. The van der Waals surface area contributed by atoms with Gasteiger partial charge in [-0.1, -0.05) is 13.5 Å². The summed E-state index contributed by atoms with van der Waals surface area (Å²) in [5.41, 5.74) is 0. The van der Waals surface area contributed by atoms with E-state index >= 15 is 0 Å². The fourth-order valence-electron chi connectivity index (χ4n) is 1.01. The molecule has 0 bridgehead atoms. The summed E-state index contributed by atoms with van der Waals surface area (Å²) in [4.78, 5) is 7.14. The zero-order valence-corrected chi connectivity index (χ0v) is 19.1. The lowest BCUT2D eigenvalue weighted by atomic mass is 10.6. The molecule has 0 spiro atoms. The number of thiol groups is 2. The largest absolute Gasteiger partial charge is 0.500 e. The molecule has 0 rings (SSSR count). The van der Waals surface area contributed by atoms with Gasteiger partial charge in [0.15, 0.2) is 0 Å². The highest BCUT2D eigenvalue weighted by Crippen LogP contribution is 2.14. The van der Waals surface area contributed by atoms with E-state index in [9.17, 15) is 0 Å². The van der Waals surface area contributed by atoms with Gasteiger partial charge in [0.1, 0.15) is 10.5 Å². The second-order valence-corrected chi connectivity index (χ2v) is 8.18. The third-order valence-corrected chi connectivity index (χ3v) is 6.26. The summed E-state index contributed by atoms with van der Waals surface area (Å²) in [6.07, 6.45) is 2.28. The van der Waals surface area contributed by atoms with E-state index in [2.05, 4.69) is 25.3 Å². The normalized spacial score (nSPS) is 9.79. The third kappa shape index (κ3) is 19.2. The highest BCUT2D eigenvalue weighted by Gasteiger charge is 2.36. The number of hydrogen-bond donors (Lipinski definition) is 3. The maximum Gasteiger partial charge on any atom is 0.500 e. The van der Waals surface area contributed by atoms with Gasteiger partial charge in [0.2, 0.25) is 0 Å². The second kappa shape index (κ2) is 24.2. The van der Waals surface area contributed by atoms with E-state index in [-0.39, 0.29) is 7.43 Å². The van der Waals surface area contributed by atoms with Gasteiger partial charge in [0, 0.05) is 37.6 Å². The van der Waals surface area contributed by atoms with E-state index < -0.39 is 8.80 Å². The molecular formula is C10H34O4S2Si3. The van der Waals surface area contributed by atoms with Crippen molar-refractivity contribution in [2.24, 2.45) is 0 Å². The molecule has 0 aliphatic rings. The zero-order valence-electron chi connectivity index (χ0n) is 12.3. The van der Waals surface area contributed by atoms with Crippen LogP contribution in [0.5, 0.6) is 0 Å². The Balaban J connectivity index is -0.000000120. The lowest BCUT2D eigenvalue weighted by molar-refractivity contribution is 0.123. The molecule has 0 aromatic heterocycles. The molecule has 0 heterocycles. The van der Waals surface area contributed by atoms with Gasteiger partial charge >= 0.3 is 8.80 Å². The topological polar surface area (TPSA) is 47.9 Å². The van der Waals surface area contributed by atoms with Crippen LogP contribution >= 0.6 is 25.3 Å². The quantitative estimate of drug-likeness (QED) is 0.423. The molecule has 0 saturated heterocycles. The Morgan fingerprint density at radius 2 is 1.32 bits per heavy atom. The van der Waals surface area contributed by atoms with Crippen molar-refractivity contribution >= 4 is 54.8 Å². The molecule has 4 nitrogen and oxygen atoms in total. The first-order valence-corrected chi connectivity index (χ1v) is 11.5. The Morgan fingerprint density at radius 1 is 0.947 bits per heavy atom. The molecule has 0 aromatic carbocycles. The van der Waals surface area contributed by atoms with Crippen molar-refractivity contribution < 1.29 is 18.1 Å². The minimum atomic E-state index is -2.29. The molecule has 122 valence electrons. The number of rotatable bonds is 8. The van der Waals surface area contributed by atoms with Crippen LogP contribution in [-0.4, -0.2) is 67.2 Å². The first-order valence-electron chi connectivity index (χ1n) is 5.98. The summed E-state index contributed by atoms with van der Waals surface area (Å²) in [5, 5.41) is 0. The molecule has 19 heavy (non-hydrogen) atoms. The third-order valence-electron chi connectivity index (χ3n) is 2.09. The summed E-state index contributed by atoms with van der Waals surface area (Å²) in [6, 6.07) is 2.24. The van der Waals surface area contributed by atoms with Crippen molar-refractivity contribution in [1.29, 1.82) is 0 Å². The van der Waals surface area contributed by atoms with Crippen molar-refractivity contribution in [3.63, 3.8) is 0 Å². The van der Waals surface area contributed by atoms with Gasteiger partial charge < -0.3 is 18.1 Å². The van der Waals surface area contributed by atoms with Gasteiger partial charge in [-0.3, -0.25) is 0 Å². The fraction of sp³-hybridized carbons (Fsp3) is 1.00. The van der Waals surface area contributed by atoms with E-state index in [1.54, 1.807) is 21.3 Å². The standard InChI is InChI=1S/C6H16O3SSi.C3H10SSi.CH4.H4OSi/c1-7-11(8-2,9-3)6-4-5-10;4-2-1-3-5;;1-2/h10H,4-6H2,1-3H3;4H,1-3H2,5H3;1H4;1H,2H3. The first kappa shape index (κ1) is 28.4. The van der Waals surface area contributed by atoms with Crippen molar-refractivity contribution in [2.45, 2.75) is 32.4 Å². The maximum absolute atomic E-state index is 7.14. The van der Waals surface area contributed by atoms with Gasteiger partial charge in [-0.2, -0.15) is 25.3 Å². The predicted octanol–water partition coefficient (Wildman–Crippen LogP) is 0.170. The molecule has 0 radical (unpaired) electrons. The van der Waals surface area contributed by atoms with Gasteiger partial charge in [-0.25, -0.2) is 0 Å². The summed E-state index contributed by atoms with van der Waals surface area (Å²) >= 11 is 8.13. The van der Waals surface area contributed by atoms with E-state index in [4.69, 9.17) is 18.1 Å². The molecule has 0 unspecified atom stereocenters. The maximum atomic E-state index is 7.14. The Labute approximate surface area is 138 Å². The van der Waals surface area contributed by atoms with E-state index in [1.807, 2.05) is 0 Å². The van der Waals surface area contributed by atoms with Crippen LogP contribution in [0, 0.1) is 0 Å². The summed E-state index contributed by atoms with van der Waals surface area (Å²) in [7, 11) is 4.24. The molecule has 0 fully saturated rings. The molecule has 0 atom stereocenters. The zero-order chi connectivity index (χ0) is 14.9. The van der Waals surface area contributed by atoms with E-state index in [0.717, 1.165) is 24.0 Å². The molecule has 0 aliphatic carbocycles. The summed E-state index contributed by atoms with van der Waals surface area (Å²) in [6.45, 7) is 0. The lowest BCUT2D eigenvalue weighted by Gasteiger charge is -2.23. The van der Waals surface area contributed by atoms with Crippen LogP contribution in [0.3, 0.4) is 0 Å². The van der Waals surface area contributed by atoms with Crippen LogP contribution in [0.1, 0.15) is 20.3 Å². The Morgan fingerprint density at radius 3 is 1.47 bits per heavy atom. The van der Waals surface area contributed by atoms with Crippen molar-refractivity contribution in [2.75, 3.05) is 32.8 Å².